The first kappa shape index (κ1) is 13.8. The second-order valence-electron chi connectivity index (χ2n) is 4.42. The Hall–Kier alpha value is -1.58. The van der Waals surface area contributed by atoms with Crippen LogP contribution in [0, 0.1) is 12.7 Å². The predicted octanol–water partition coefficient (Wildman–Crippen LogP) is 4.03. The van der Waals surface area contributed by atoms with Crippen LogP contribution in [0.2, 0.25) is 5.02 Å². The Morgan fingerprint density at radius 1 is 1.16 bits per heavy atom. The Balaban J connectivity index is 2.32. The van der Waals surface area contributed by atoms with E-state index in [1.165, 1.54) is 12.1 Å². The minimum Gasteiger partial charge on any atom is -0.355 e. The summed E-state index contributed by atoms with van der Waals surface area (Å²) in [6.45, 7) is 2.46. The Morgan fingerprint density at radius 2 is 1.89 bits per heavy atom. The Labute approximate surface area is 117 Å². The number of nitrogens with two attached hydrogens (primary N) is 1. The summed E-state index contributed by atoms with van der Waals surface area (Å²) in [6, 6.07) is 10.3. The lowest BCUT2D eigenvalue weighted by Gasteiger charge is -2.14. The van der Waals surface area contributed by atoms with Crippen molar-refractivity contribution in [3.8, 4) is 0 Å². The van der Waals surface area contributed by atoms with Crippen LogP contribution in [-0.4, -0.2) is 6.54 Å². The van der Waals surface area contributed by atoms with Crippen LogP contribution in [0.1, 0.15) is 11.1 Å². The zero-order chi connectivity index (χ0) is 13.8. The van der Waals surface area contributed by atoms with Gasteiger partial charge in [0.2, 0.25) is 0 Å². The van der Waals surface area contributed by atoms with Gasteiger partial charge in [0, 0.05) is 16.4 Å². The normalized spacial score (nSPS) is 10.5. The number of hydrogen-bond donors (Lipinski definition) is 2. The zero-order valence-corrected chi connectivity index (χ0v) is 11.5. The lowest BCUT2D eigenvalue weighted by Crippen LogP contribution is -2.06. The van der Waals surface area contributed by atoms with Gasteiger partial charge in [-0.05, 0) is 67.4 Å². The van der Waals surface area contributed by atoms with E-state index in [1.807, 2.05) is 25.1 Å². The lowest BCUT2D eigenvalue weighted by molar-refractivity contribution is 0.625. The second kappa shape index (κ2) is 6.04. The lowest BCUT2D eigenvalue weighted by atomic mass is 10.1. The molecule has 0 aromatic heterocycles. The third kappa shape index (κ3) is 3.46. The van der Waals surface area contributed by atoms with Gasteiger partial charge < -0.3 is 11.1 Å². The van der Waals surface area contributed by atoms with Gasteiger partial charge in [-0.1, -0.05) is 11.6 Å². The van der Waals surface area contributed by atoms with E-state index in [2.05, 4.69) is 5.32 Å². The molecule has 0 amide bonds. The summed E-state index contributed by atoms with van der Waals surface area (Å²) in [5.41, 5.74) is 9.29. The summed E-state index contributed by atoms with van der Waals surface area (Å²) in [4.78, 5) is 0. The van der Waals surface area contributed by atoms with Crippen molar-refractivity contribution in [2.24, 2.45) is 5.73 Å². The quantitative estimate of drug-likeness (QED) is 0.886. The standard InChI is InChI=1S/C15H16ClFN2/c1-10-8-12(16)2-4-14(10)19-15-5-3-13(17)9-11(15)6-7-18/h2-5,8-9,19H,6-7,18H2,1H3. The molecule has 100 valence electrons. The van der Waals surface area contributed by atoms with Crippen LogP contribution in [0.15, 0.2) is 36.4 Å². The van der Waals surface area contributed by atoms with Crippen LogP contribution in [-0.2, 0) is 6.42 Å². The number of nitrogens with one attached hydrogen (secondary N) is 1. The molecule has 2 aromatic rings. The van der Waals surface area contributed by atoms with Gasteiger partial charge in [-0.15, -0.1) is 0 Å². The summed E-state index contributed by atoms with van der Waals surface area (Å²) >= 11 is 5.93. The Kier molecular flexibility index (Phi) is 4.40. The van der Waals surface area contributed by atoms with Gasteiger partial charge in [0.1, 0.15) is 5.82 Å². The average Bonchev–Trinajstić information content (AvgIpc) is 2.36. The summed E-state index contributed by atoms with van der Waals surface area (Å²) < 4.78 is 13.3. The molecule has 0 atom stereocenters. The fourth-order valence-corrected chi connectivity index (χ4v) is 2.19. The molecule has 19 heavy (non-hydrogen) atoms. The van der Waals surface area contributed by atoms with Gasteiger partial charge in [0.25, 0.3) is 0 Å². The predicted molar refractivity (Wildman–Crippen MR) is 78.6 cm³/mol. The number of rotatable bonds is 4. The van der Waals surface area contributed by atoms with Gasteiger partial charge in [0.05, 0.1) is 0 Å². The highest BCUT2D eigenvalue weighted by Gasteiger charge is 2.06. The molecule has 0 aliphatic carbocycles. The van der Waals surface area contributed by atoms with Gasteiger partial charge in [-0.3, -0.25) is 0 Å². The van der Waals surface area contributed by atoms with Gasteiger partial charge in [0.15, 0.2) is 0 Å². The van der Waals surface area contributed by atoms with E-state index in [1.54, 1.807) is 6.07 Å². The highest BCUT2D eigenvalue weighted by Crippen LogP contribution is 2.26. The van der Waals surface area contributed by atoms with Crippen LogP contribution < -0.4 is 11.1 Å². The van der Waals surface area contributed by atoms with Crippen molar-refractivity contribution in [1.82, 2.24) is 0 Å². The monoisotopic (exact) mass is 278 g/mol. The molecule has 4 heteroatoms. The topological polar surface area (TPSA) is 38.0 Å². The van der Waals surface area contributed by atoms with Crippen LogP contribution in [0.25, 0.3) is 0 Å². The van der Waals surface area contributed by atoms with Gasteiger partial charge >= 0.3 is 0 Å². The molecule has 2 nitrogen and oxygen atoms in total. The first-order chi connectivity index (χ1) is 9.10. The second-order valence-corrected chi connectivity index (χ2v) is 4.86. The third-order valence-electron chi connectivity index (χ3n) is 2.94. The van der Waals surface area contributed by atoms with Crippen molar-refractivity contribution in [2.75, 3.05) is 11.9 Å². The molecule has 0 saturated carbocycles. The van der Waals surface area contributed by atoms with E-state index < -0.39 is 0 Å². The van der Waals surface area contributed by atoms with E-state index in [-0.39, 0.29) is 5.82 Å². The van der Waals surface area contributed by atoms with Crippen LogP contribution in [0.3, 0.4) is 0 Å². The molecule has 0 aliphatic rings. The highest BCUT2D eigenvalue weighted by molar-refractivity contribution is 6.30. The molecule has 0 aliphatic heterocycles. The van der Waals surface area contributed by atoms with E-state index in [0.717, 1.165) is 22.5 Å². The molecule has 0 radical (unpaired) electrons. The minimum atomic E-state index is -0.248. The van der Waals surface area contributed by atoms with Crippen LogP contribution in [0.4, 0.5) is 15.8 Å². The van der Waals surface area contributed by atoms with Crippen molar-refractivity contribution in [3.05, 3.63) is 58.4 Å². The number of benzene rings is 2. The van der Waals surface area contributed by atoms with Crippen molar-refractivity contribution in [1.29, 1.82) is 0 Å². The largest absolute Gasteiger partial charge is 0.355 e. The SMILES string of the molecule is Cc1cc(Cl)ccc1Nc1ccc(F)cc1CCN. The van der Waals surface area contributed by atoms with Crippen molar-refractivity contribution >= 4 is 23.0 Å². The van der Waals surface area contributed by atoms with Crippen molar-refractivity contribution in [3.63, 3.8) is 0 Å². The molecule has 0 fully saturated rings. The van der Waals surface area contributed by atoms with E-state index in [4.69, 9.17) is 17.3 Å². The zero-order valence-electron chi connectivity index (χ0n) is 10.7. The van der Waals surface area contributed by atoms with Gasteiger partial charge in [-0.25, -0.2) is 4.39 Å². The van der Waals surface area contributed by atoms with E-state index in [9.17, 15) is 4.39 Å². The molecule has 0 unspecified atom stereocenters. The molecule has 0 saturated heterocycles. The molecule has 0 bridgehead atoms. The number of halogens is 2. The van der Waals surface area contributed by atoms with Crippen molar-refractivity contribution in [2.45, 2.75) is 13.3 Å². The average molecular weight is 279 g/mol. The molecule has 0 spiro atoms. The minimum absolute atomic E-state index is 0.248. The van der Waals surface area contributed by atoms with Crippen molar-refractivity contribution < 1.29 is 4.39 Å². The number of aryl methyl sites for hydroxylation is 1. The fourth-order valence-electron chi connectivity index (χ4n) is 1.96. The maximum atomic E-state index is 13.3. The smallest absolute Gasteiger partial charge is 0.123 e. The van der Waals surface area contributed by atoms with Gasteiger partial charge in [-0.2, -0.15) is 0 Å². The first-order valence-corrected chi connectivity index (χ1v) is 6.49. The number of hydrogen-bond acceptors (Lipinski definition) is 2. The number of anilines is 2. The summed E-state index contributed by atoms with van der Waals surface area (Å²) in [6.07, 6.45) is 0.632. The van der Waals surface area contributed by atoms with E-state index in [0.29, 0.717) is 18.0 Å². The molecule has 2 aromatic carbocycles. The maximum absolute atomic E-state index is 13.3. The van der Waals surface area contributed by atoms with E-state index >= 15 is 0 Å². The molecular formula is C15H16ClFN2. The highest BCUT2D eigenvalue weighted by atomic mass is 35.5. The fraction of sp³-hybridized carbons (Fsp3) is 0.200. The maximum Gasteiger partial charge on any atom is 0.123 e. The Bertz CT molecular complexity index is 584. The third-order valence-corrected chi connectivity index (χ3v) is 3.17. The van der Waals surface area contributed by atoms with Crippen LogP contribution in [0.5, 0.6) is 0 Å². The summed E-state index contributed by atoms with van der Waals surface area (Å²) in [5.74, 6) is -0.248. The first-order valence-electron chi connectivity index (χ1n) is 6.12. The molecule has 0 heterocycles. The molecule has 3 N–H and O–H groups in total. The van der Waals surface area contributed by atoms with Crippen LogP contribution >= 0.6 is 11.6 Å². The molecular weight excluding hydrogens is 263 g/mol. The molecule has 2 rings (SSSR count). The Morgan fingerprint density at radius 3 is 2.58 bits per heavy atom. The summed E-state index contributed by atoms with van der Waals surface area (Å²) in [5, 5.41) is 4.00. The summed E-state index contributed by atoms with van der Waals surface area (Å²) in [7, 11) is 0.